The Morgan fingerprint density at radius 1 is 1.50 bits per heavy atom. The Morgan fingerprint density at radius 2 is 2.14 bits per heavy atom. The van der Waals surface area contributed by atoms with E-state index in [1.165, 1.54) is 7.11 Å². The van der Waals surface area contributed by atoms with Gasteiger partial charge in [-0.25, -0.2) is 9.78 Å². The Bertz CT molecular complexity index is 277. The Kier molecular flexibility index (Phi) is 8.43. The first kappa shape index (κ1) is 15.6. The molecule has 1 aromatic heterocycles. The van der Waals surface area contributed by atoms with E-state index < -0.39 is 5.97 Å². The molecule has 6 heteroatoms. The highest BCUT2D eigenvalue weighted by Gasteiger charge is 2.04. The Labute approximate surface area is 94.7 Å². The summed E-state index contributed by atoms with van der Waals surface area (Å²) in [4.78, 5) is 14.8. The number of hydrogen-bond acceptors (Lipinski definition) is 4. The summed E-state index contributed by atoms with van der Waals surface area (Å²) in [6.45, 7) is 0.425. The number of nitrogens with zero attached hydrogens (tertiary/aromatic N) is 1. The third-order valence-electron chi connectivity index (χ3n) is 1.45. The van der Waals surface area contributed by atoms with Gasteiger partial charge in [0.2, 0.25) is 0 Å². The molecule has 0 atom stereocenters. The lowest BCUT2D eigenvalue weighted by molar-refractivity contribution is 0.0594. The second-order valence-electron chi connectivity index (χ2n) is 2.25. The van der Waals surface area contributed by atoms with Crippen molar-refractivity contribution in [3.8, 4) is 0 Å². The van der Waals surface area contributed by atoms with Crippen molar-refractivity contribution < 1.29 is 9.53 Å². The summed E-state index contributed by atoms with van der Waals surface area (Å²) in [6.07, 6.45) is 1.56. The van der Waals surface area contributed by atoms with E-state index in [-0.39, 0.29) is 24.8 Å². The van der Waals surface area contributed by atoms with Crippen LogP contribution in [-0.2, 0) is 11.3 Å². The predicted molar refractivity (Wildman–Crippen MR) is 58.0 cm³/mol. The van der Waals surface area contributed by atoms with E-state index in [1.54, 1.807) is 18.3 Å². The number of nitrogens with two attached hydrogens (primary N) is 1. The van der Waals surface area contributed by atoms with Gasteiger partial charge in [0.1, 0.15) is 5.69 Å². The third-order valence-corrected chi connectivity index (χ3v) is 1.45. The highest BCUT2D eigenvalue weighted by atomic mass is 35.5. The monoisotopic (exact) mass is 238 g/mol. The summed E-state index contributed by atoms with van der Waals surface area (Å²) in [5, 5.41) is 0. The van der Waals surface area contributed by atoms with Crippen LogP contribution in [0.4, 0.5) is 0 Å². The van der Waals surface area contributed by atoms with E-state index >= 15 is 0 Å². The average Bonchev–Trinajstić information content (AvgIpc) is 2.17. The van der Waals surface area contributed by atoms with Gasteiger partial charge in [-0.15, -0.1) is 24.8 Å². The van der Waals surface area contributed by atoms with Gasteiger partial charge in [-0.3, -0.25) is 0 Å². The van der Waals surface area contributed by atoms with Crippen molar-refractivity contribution in [2.75, 3.05) is 7.11 Å². The molecular formula is C8H12Cl2N2O2. The van der Waals surface area contributed by atoms with Crippen molar-refractivity contribution in [2.24, 2.45) is 5.73 Å². The van der Waals surface area contributed by atoms with Crippen LogP contribution < -0.4 is 5.73 Å². The van der Waals surface area contributed by atoms with Gasteiger partial charge in [-0.2, -0.15) is 0 Å². The van der Waals surface area contributed by atoms with Crippen molar-refractivity contribution in [3.63, 3.8) is 0 Å². The topological polar surface area (TPSA) is 65.2 Å². The molecule has 80 valence electrons. The number of esters is 1. The summed E-state index contributed by atoms with van der Waals surface area (Å²) in [5.74, 6) is -0.432. The molecule has 0 amide bonds. The molecule has 0 saturated heterocycles. The molecule has 1 rings (SSSR count). The Balaban J connectivity index is 0. The van der Waals surface area contributed by atoms with Crippen LogP contribution in [-0.4, -0.2) is 18.1 Å². The molecule has 0 aromatic carbocycles. The molecule has 0 radical (unpaired) electrons. The smallest absolute Gasteiger partial charge is 0.356 e. The Hall–Kier alpha value is -0.840. The lowest BCUT2D eigenvalue weighted by Gasteiger charge is -1.98. The van der Waals surface area contributed by atoms with Gasteiger partial charge < -0.3 is 10.5 Å². The van der Waals surface area contributed by atoms with Crippen molar-refractivity contribution in [2.45, 2.75) is 6.54 Å². The minimum atomic E-state index is -0.432. The highest BCUT2D eigenvalue weighted by molar-refractivity contribution is 5.87. The van der Waals surface area contributed by atoms with Crippen LogP contribution in [0, 0.1) is 0 Å². The summed E-state index contributed by atoms with van der Waals surface area (Å²) in [5.41, 5.74) is 6.54. The molecule has 0 bridgehead atoms. The van der Waals surface area contributed by atoms with Gasteiger partial charge in [-0.1, -0.05) is 6.07 Å². The first-order valence-corrected chi connectivity index (χ1v) is 3.51. The predicted octanol–water partition coefficient (Wildman–Crippen LogP) is 1.17. The van der Waals surface area contributed by atoms with Crippen molar-refractivity contribution >= 4 is 30.8 Å². The molecule has 0 unspecified atom stereocenters. The fourth-order valence-electron chi connectivity index (χ4n) is 0.771. The second kappa shape index (κ2) is 7.55. The number of methoxy groups -OCH3 is 1. The summed E-state index contributed by atoms with van der Waals surface area (Å²) >= 11 is 0. The lowest BCUT2D eigenvalue weighted by Crippen LogP contribution is -2.05. The third kappa shape index (κ3) is 3.91. The Morgan fingerprint density at radius 3 is 2.50 bits per heavy atom. The van der Waals surface area contributed by atoms with E-state index in [2.05, 4.69) is 9.72 Å². The fraction of sp³-hybridized carbons (Fsp3) is 0.250. The number of carbonyl (C=O) groups is 1. The van der Waals surface area contributed by atoms with Crippen LogP contribution in [0.3, 0.4) is 0 Å². The maximum absolute atomic E-state index is 10.9. The number of pyridine rings is 1. The molecule has 14 heavy (non-hydrogen) atoms. The minimum absolute atomic E-state index is 0. The zero-order valence-corrected chi connectivity index (χ0v) is 9.23. The number of halogens is 2. The van der Waals surface area contributed by atoms with Crippen molar-refractivity contribution in [1.29, 1.82) is 0 Å². The molecule has 2 N–H and O–H groups in total. The minimum Gasteiger partial charge on any atom is -0.464 e. The van der Waals surface area contributed by atoms with E-state index in [0.29, 0.717) is 12.2 Å². The van der Waals surface area contributed by atoms with Crippen LogP contribution >= 0.6 is 24.8 Å². The standard InChI is InChI=1S/C8H10N2O2.2ClH/c1-12-8(11)7-3-2-6(4-9)5-10-7;;/h2-3,5H,4,9H2,1H3;2*1H. The summed E-state index contributed by atoms with van der Waals surface area (Å²) in [7, 11) is 1.32. The molecule has 0 spiro atoms. The summed E-state index contributed by atoms with van der Waals surface area (Å²) in [6, 6.07) is 3.34. The van der Waals surface area contributed by atoms with Gasteiger partial charge in [0, 0.05) is 12.7 Å². The molecule has 4 nitrogen and oxygen atoms in total. The molecular weight excluding hydrogens is 227 g/mol. The van der Waals surface area contributed by atoms with E-state index in [4.69, 9.17) is 5.73 Å². The zero-order valence-electron chi connectivity index (χ0n) is 7.60. The van der Waals surface area contributed by atoms with Gasteiger partial charge in [0.25, 0.3) is 0 Å². The van der Waals surface area contributed by atoms with Crippen LogP contribution in [0.15, 0.2) is 18.3 Å². The SMILES string of the molecule is COC(=O)c1ccc(CN)cn1.Cl.Cl. The van der Waals surface area contributed by atoms with Gasteiger partial charge in [0.15, 0.2) is 0 Å². The normalized spacial score (nSPS) is 8.14. The largest absolute Gasteiger partial charge is 0.464 e. The van der Waals surface area contributed by atoms with Gasteiger partial charge in [-0.05, 0) is 11.6 Å². The first-order chi connectivity index (χ1) is 5.77. The van der Waals surface area contributed by atoms with Crippen LogP contribution in [0.2, 0.25) is 0 Å². The quantitative estimate of drug-likeness (QED) is 0.786. The number of aromatic nitrogens is 1. The number of hydrogen-bond donors (Lipinski definition) is 1. The molecule has 0 fully saturated rings. The average molecular weight is 239 g/mol. The maximum atomic E-state index is 10.9. The second-order valence-corrected chi connectivity index (χ2v) is 2.25. The van der Waals surface area contributed by atoms with Gasteiger partial charge in [0.05, 0.1) is 7.11 Å². The van der Waals surface area contributed by atoms with Gasteiger partial charge >= 0.3 is 5.97 Å². The molecule has 0 aliphatic carbocycles. The molecule has 0 saturated carbocycles. The van der Waals surface area contributed by atoms with Crippen LogP contribution in [0.1, 0.15) is 16.1 Å². The summed E-state index contributed by atoms with van der Waals surface area (Å²) < 4.78 is 4.48. The fourth-order valence-corrected chi connectivity index (χ4v) is 0.771. The number of rotatable bonds is 2. The van der Waals surface area contributed by atoms with E-state index in [0.717, 1.165) is 5.56 Å². The highest BCUT2D eigenvalue weighted by Crippen LogP contribution is 2.00. The number of ether oxygens (including phenoxy) is 1. The zero-order chi connectivity index (χ0) is 8.97. The van der Waals surface area contributed by atoms with Crippen molar-refractivity contribution in [3.05, 3.63) is 29.6 Å². The van der Waals surface area contributed by atoms with E-state index in [9.17, 15) is 4.79 Å². The van der Waals surface area contributed by atoms with Crippen LogP contribution in [0.5, 0.6) is 0 Å². The van der Waals surface area contributed by atoms with Crippen LogP contribution in [0.25, 0.3) is 0 Å². The van der Waals surface area contributed by atoms with E-state index in [1.807, 2.05) is 0 Å². The number of carbonyl (C=O) groups excluding carboxylic acids is 1. The van der Waals surface area contributed by atoms with Crippen molar-refractivity contribution in [1.82, 2.24) is 4.98 Å². The molecule has 1 aromatic rings. The first-order valence-electron chi connectivity index (χ1n) is 3.51. The molecule has 1 heterocycles. The molecule has 0 aliphatic heterocycles. The molecule has 0 aliphatic rings. The lowest BCUT2D eigenvalue weighted by atomic mass is 10.2. The maximum Gasteiger partial charge on any atom is 0.356 e.